The summed E-state index contributed by atoms with van der Waals surface area (Å²) in [6.45, 7) is 7.30. The second-order valence-electron chi connectivity index (χ2n) is 7.13. The lowest BCUT2D eigenvalue weighted by molar-refractivity contribution is -0.152. The van der Waals surface area contributed by atoms with Crippen molar-refractivity contribution in [2.24, 2.45) is 11.3 Å². The summed E-state index contributed by atoms with van der Waals surface area (Å²) < 4.78 is 5.40. The zero-order chi connectivity index (χ0) is 16.3. The quantitative estimate of drug-likeness (QED) is 0.799. The van der Waals surface area contributed by atoms with Gasteiger partial charge in [-0.1, -0.05) is 30.3 Å². The maximum absolute atomic E-state index is 12.5. The number of benzene rings is 1. The largest absolute Gasteiger partial charge is 0.466 e. The number of nitrogens with zero attached hydrogens (tertiary/aromatic N) is 2. The van der Waals surface area contributed by atoms with Crippen LogP contribution in [0.15, 0.2) is 30.3 Å². The van der Waals surface area contributed by atoms with Gasteiger partial charge in [0.2, 0.25) is 0 Å². The average Bonchev–Trinajstić information content (AvgIpc) is 2.90. The monoisotopic (exact) mass is 316 g/mol. The van der Waals surface area contributed by atoms with Crippen molar-refractivity contribution in [3.63, 3.8) is 0 Å². The van der Waals surface area contributed by atoms with Crippen LogP contribution in [0.2, 0.25) is 0 Å². The molecule has 1 atom stereocenters. The van der Waals surface area contributed by atoms with Crippen molar-refractivity contribution in [3.05, 3.63) is 35.9 Å². The van der Waals surface area contributed by atoms with Crippen molar-refractivity contribution >= 4 is 5.97 Å². The number of carbonyl (C=O) groups is 1. The molecule has 23 heavy (non-hydrogen) atoms. The van der Waals surface area contributed by atoms with Crippen molar-refractivity contribution < 1.29 is 9.53 Å². The minimum Gasteiger partial charge on any atom is -0.466 e. The van der Waals surface area contributed by atoms with Gasteiger partial charge in [0, 0.05) is 25.0 Å². The second kappa shape index (κ2) is 7.02. The molecule has 0 aliphatic carbocycles. The Balaban J connectivity index is 1.74. The van der Waals surface area contributed by atoms with E-state index in [2.05, 4.69) is 41.1 Å². The summed E-state index contributed by atoms with van der Waals surface area (Å²) in [5.41, 5.74) is 1.42. The fraction of sp³-hybridized carbons (Fsp3) is 0.632. The molecular formula is C19H28N2O2. The number of ether oxygens (including phenoxy) is 1. The summed E-state index contributed by atoms with van der Waals surface area (Å²) in [4.78, 5) is 17.4. The molecule has 2 aliphatic rings. The van der Waals surface area contributed by atoms with Crippen LogP contribution in [0.4, 0.5) is 0 Å². The molecule has 126 valence electrons. The minimum absolute atomic E-state index is 0.00705. The molecule has 0 saturated carbocycles. The van der Waals surface area contributed by atoms with E-state index in [0.717, 1.165) is 45.6 Å². The molecule has 1 spiro atoms. The van der Waals surface area contributed by atoms with Gasteiger partial charge < -0.3 is 9.64 Å². The summed E-state index contributed by atoms with van der Waals surface area (Å²) in [6.07, 6.45) is 2.19. The maximum atomic E-state index is 12.5. The first-order chi connectivity index (χ1) is 11.1. The Hall–Kier alpha value is -1.39. The lowest BCUT2D eigenvalue weighted by atomic mass is 9.71. The molecule has 0 bridgehead atoms. The molecule has 2 fully saturated rings. The zero-order valence-corrected chi connectivity index (χ0v) is 14.3. The smallest absolute Gasteiger partial charge is 0.310 e. The number of hydrogen-bond acceptors (Lipinski definition) is 4. The molecule has 4 nitrogen and oxygen atoms in total. The van der Waals surface area contributed by atoms with Gasteiger partial charge in [0.25, 0.3) is 0 Å². The fourth-order valence-corrected chi connectivity index (χ4v) is 4.17. The number of likely N-dealkylation sites (tertiary alicyclic amines) is 2. The first-order valence-corrected chi connectivity index (χ1v) is 8.74. The number of carbonyl (C=O) groups excluding carboxylic acids is 1. The number of esters is 1. The fourth-order valence-electron chi connectivity index (χ4n) is 4.17. The minimum atomic E-state index is 0.00705. The highest BCUT2D eigenvalue weighted by atomic mass is 16.5. The summed E-state index contributed by atoms with van der Waals surface area (Å²) in [5, 5.41) is 0. The van der Waals surface area contributed by atoms with Crippen LogP contribution in [0, 0.1) is 11.3 Å². The average molecular weight is 316 g/mol. The summed E-state index contributed by atoms with van der Waals surface area (Å²) in [7, 11) is 2.17. The normalized spacial score (nSPS) is 24.9. The SMILES string of the molecule is CCOC(=O)C1CN(Cc2ccccc2)CC12CCN(C)CC2. The highest BCUT2D eigenvalue weighted by Crippen LogP contribution is 2.45. The molecule has 1 unspecified atom stereocenters. The molecule has 2 aliphatic heterocycles. The molecule has 0 amide bonds. The molecular weight excluding hydrogens is 288 g/mol. The molecule has 1 aromatic carbocycles. The van der Waals surface area contributed by atoms with Crippen molar-refractivity contribution in [2.75, 3.05) is 39.8 Å². The first kappa shape index (κ1) is 16.5. The molecule has 0 aromatic heterocycles. The van der Waals surface area contributed by atoms with E-state index in [1.54, 1.807) is 0 Å². The third-order valence-corrected chi connectivity index (χ3v) is 5.52. The predicted molar refractivity (Wildman–Crippen MR) is 91.0 cm³/mol. The van der Waals surface area contributed by atoms with Crippen LogP contribution in [0.25, 0.3) is 0 Å². The summed E-state index contributed by atoms with van der Waals surface area (Å²) in [5.74, 6) is 0.0347. The van der Waals surface area contributed by atoms with Gasteiger partial charge in [0.15, 0.2) is 0 Å². The maximum Gasteiger partial charge on any atom is 0.310 e. The molecule has 1 aromatic rings. The second-order valence-corrected chi connectivity index (χ2v) is 7.13. The van der Waals surface area contributed by atoms with Crippen LogP contribution in [0.1, 0.15) is 25.3 Å². The molecule has 0 radical (unpaired) electrons. The first-order valence-electron chi connectivity index (χ1n) is 8.74. The Morgan fingerprint density at radius 1 is 1.26 bits per heavy atom. The van der Waals surface area contributed by atoms with Gasteiger partial charge in [-0.15, -0.1) is 0 Å². The Kier molecular flexibility index (Phi) is 5.02. The van der Waals surface area contributed by atoms with Gasteiger partial charge in [-0.25, -0.2) is 0 Å². The van der Waals surface area contributed by atoms with E-state index in [1.807, 2.05) is 13.0 Å². The van der Waals surface area contributed by atoms with Crippen molar-refractivity contribution in [1.29, 1.82) is 0 Å². The Morgan fingerprint density at radius 2 is 1.96 bits per heavy atom. The van der Waals surface area contributed by atoms with E-state index in [4.69, 9.17) is 4.74 Å². The van der Waals surface area contributed by atoms with Crippen LogP contribution < -0.4 is 0 Å². The van der Waals surface area contributed by atoms with Crippen LogP contribution in [0.3, 0.4) is 0 Å². The van der Waals surface area contributed by atoms with E-state index in [9.17, 15) is 4.79 Å². The topological polar surface area (TPSA) is 32.8 Å². The van der Waals surface area contributed by atoms with Crippen LogP contribution in [-0.2, 0) is 16.1 Å². The highest BCUT2D eigenvalue weighted by molar-refractivity contribution is 5.74. The third kappa shape index (κ3) is 3.59. The summed E-state index contributed by atoms with van der Waals surface area (Å²) >= 11 is 0. The highest BCUT2D eigenvalue weighted by Gasteiger charge is 2.51. The van der Waals surface area contributed by atoms with Crippen LogP contribution in [0.5, 0.6) is 0 Å². The van der Waals surface area contributed by atoms with Crippen LogP contribution in [-0.4, -0.2) is 55.6 Å². The zero-order valence-electron chi connectivity index (χ0n) is 14.3. The lowest BCUT2D eigenvalue weighted by Crippen LogP contribution is -2.45. The number of hydrogen-bond donors (Lipinski definition) is 0. The van der Waals surface area contributed by atoms with E-state index < -0.39 is 0 Å². The molecule has 2 saturated heterocycles. The van der Waals surface area contributed by atoms with E-state index in [0.29, 0.717) is 6.61 Å². The molecule has 0 N–H and O–H groups in total. The number of piperidine rings is 1. The van der Waals surface area contributed by atoms with Gasteiger partial charge in [0.1, 0.15) is 0 Å². The van der Waals surface area contributed by atoms with Gasteiger partial charge in [-0.2, -0.15) is 0 Å². The van der Waals surface area contributed by atoms with Crippen molar-refractivity contribution in [2.45, 2.75) is 26.3 Å². The molecule has 2 heterocycles. The molecule has 4 heteroatoms. The number of rotatable bonds is 4. The van der Waals surface area contributed by atoms with E-state index in [1.165, 1.54) is 5.56 Å². The third-order valence-electron chi connectivity index (χ3n) is 5.52. The van der Waals surface area contributed by atoms with Gasteiger partial charge in [0.05, 0.1) is 12.5 Å². The van der Waals surface area contributed by atoms with Crippen molar-refractivity contribution in [1.82, 2.24) is 9.80 Å². The van der Waals surface area contributed by atoms with Gasteiger partial charge in [-0.3, -0.25) is 9.69 Å². The summed E-state index contributed by atoms with van der Waals surface area (Å²) in [6, 6.07) is 10.5. The predicted octanol–water partition coefficient (Wildman–Crippen LogP) is 2.39. The molecule has 3 rings (SSSR count). The van der Waals surface area contributed by atoms with Crippen LogP contribution >= 0.6 is 0 Å². The Labute approximate surface area is 139 Å². The Bertz CT molecular complexity index is 523. The lowest BCUT2D eigenvalue weighted by Gasteiger charge is -2.40. The van der Waals surface area contributed by atoms with Crippen molar-refractivity contribution in [3.8, 4) is 0 Å². The van der Waals surface area contributed by atoms with Gasteiger partial charge >= 0.3 is 5.97 Å². The van der Waals surface area contributed by atoms with Gasteiger partial charge in [-0.05, 0) is 45.5 Å². The van der Waals surface area contributed by atoms with E-state index in [-0.39, 0.29) is 17.3 Å². The standard InChI is InChI=1S/C19H28N2O2/c1-3-23-18(22)17-14-21(13-16-7-5-4-6-8-16)15-19(17)9-11-20(2)12-10-19/h4-8,17H,3,9-15H2,1-2H3. The van der Waals surface area contributed by atoms with E-state index >= 15 is 0 Å². The Morgan fingerprint density at radius 3 is 2.61 bits per heavy atom.